The molecule has 0 radical (unpaired) electrons. The minimum atomic E-state index is -0.746. The number of hydrogen-bond acceptors (Lipinski definition) is 0. The zero-order chi connectivity index (χ0) is 23.2. The number of unbranched alkanes of at least 4 members (excludes halogenated alkanes) is 15. The molecule has 0 nitrogen and oxygen atoms in total. The van der Waals surface area contributed by atoms with Crippen LogP contribution in [-0.4, -0.2) is 27.7 Å². The Morgan fingerprint density at radius 3 is 1.19 bits per heavy atom. The zero-order valence-electron chi connectivity index (χ0n) is 22.4. The number of hydrogen-bond donors (Lipinski definition) is 0. The molecular weight excluding hydrogens is 419 g/mol. The maximum atomic E-state index is 2.48. The summed E-state index contributed by atoms with van der Waals surface area (Å²) in [5, 5.41) is 1.77. The monoisotopic (exact) mass is 477 g/mol. The second-order valence-corrected chi connectivity index (χ2v) is 20.6. The van der Waals surface area contributed by atoms with Gasteiger partial charge in [-0.2, -0.15) is 0 Å². The van der Waals surface area contributed by atoms with E-state index in [2.05, 4.69) is 51.1 Å². The average Bonchev–Trinajstić information content (AvgIpc) is 2.81. The van der Waals surface area contributed by atoms with Crippen LogP contribution in [0.4, 0.5) is 0 Å². The molecule has 1 aromatic carbocycles. The van der Waals surface area contributed by atoms with Gasteiger partial charge in [0.15, 0.2) is 0 Å². The summed E-state index contributed by atoms with van der Waals surface area (Å²) < 4.78 is 0. The second-order valence-electron chi connectivity index (χ2n) is 10.5. The van der Waals surface area contributed by atoms with Crippen LogP contribution in [0.25, 0.3) is 0 Å². The van der Waals surface area contributed by atoms with Crippen molar-refractivity contribution >= 4 is 21.2 Å². The summed E-state index contributed by atoms with van der Waals surface area (Å²) in [5.41, 5.74) is 0. The van der Waals surface area contributed by atoms with Gasteiger partial charge in [0.2, 0.25) is 9.19 Å². The molecule has 1 rings (SSSR count). The van der Waals surface area contributed by atoms with E-state index in [1.807, 2.05) is 0 Å². The Bertz CT molecular complexity index is 460. The minimum absolute atomic E-state index is 0.125. The minimum Gasteiger partial charge on any atom is -0.0654 e. The van der Waals surface area contributed by atoms with Crippen LogP contribution in [0, 0.1) is 0 Å². The molecular formula is C30H58PSi+. The van der Waals surface area contributed by atoms with E-state index in [0.717, 1.165) is 0 Å². The molecule has 1 aromatic rings. The standard InChI is InChI=1S/C30H58PSi/c1-4-7-10-13-16-22-27-31(28-23-17-14-11-8-5-2,29-24-18-15-12-9-6-3)32-30-25-20-19-21-26-30/h19-21,25-26H,4-18,22-24,27-29,32H2,1-3H3/q+1. The third-order valence-electron chi connectivity index (χ3n) is 7.32. The molecule has 0 bridgehead atoms. The highest BCUT2D eigenvalue weighted by Gasteiger charge is 2.35. The van der Waals surface area contributed by atoms with Crippen molar-refractivity contribution in [2.45, 2.75) is 136 Å². The van der Waals surface area contributed by atoms with Crippen LogP contribution in [0.15, 0.2) is 30.3 Å². The Labute approximate surface area is 206 Å². The highest BCUT2D eigenvalue weighted by Crippen LogP contribution is 2.59. The Morgan fingerprint density at radius 1 is 0.469 bits per heavy atom. The van der Waals surface area contributed by atoms with E-state index in [9.17, 15) is 0 Å². The summed E-state index contributed by atoms with van der Waals surface area (Å²) in [5.74, 6) is 0. The fourth-order valence-electron chi connectivity index (χ4n) is 5.23. The van der Waals surface area contributed by atoms with Gasteiger partial charge in [-0.05, 0) is 50.5 Å². The fraction of sp³-hybridized carbons (Fsp3) is 0.800. The Hall–Kier alpha value is -0.133. The van der Waals surface area contributed by atoms with Gasteiger partial charge in [-0.3, -0.25) is 0 Å². The van der Waals surface area contributed by atoms with Gasteiger partial charge in [-0.1, -0.05) is 128 Å². The quantitative estimate of drug-likeness (QED) is 0.0836. The lowest BCUT2D eigenvalue weighted by Crippen LogP contribution is -2.24. The summed E-state index contributed by atoms with van der Waals surface area (Å²) in [4.78, 5) is 0. The first kappa shape index (κ1) is 29.9. The van der Waals surface area contributed by atoms with Gasteiger partial charge < -0.3 is 0 Å². The molecule has 186 valence electrons. The normalized spacial score (nSPS) is 12.2. The molecule has 0 atom stereocenters. The first-order valence-electron chi connectivity index (χ1n) is 14.7. The predicted octanol–water partition coefficient (Wildman–Crippen LogP) is 9.49. The summed E-state index contributed by atoms with van der Waals surface area (Å²) in [6, 6.07) is 11.8. The van der Waals surface area contributed by atoms with E-state index in [1.165, 1.54) is 116 Å². The summed E-state index contributed by atoms with van der Waals surface area (Å²) >= 11 is 0. The number of rotatable bonds is 23. The number of benzene rings is 1. The molecule has 2 heteroatoms. The molecule has 0 aromatic heterocycles. The molecule has 0 heterocycles. The molecule has 0 amide bonds. The predicted molar refractivity (Wildman–Crippen MR) is 156 cm³/mol. The van der Waals surface area contributed by atoms with Gasteiger partial charge in [0.05, 0.1) is 0 Å². The van der Waals surface area contributed by atoms with Crippen molar-refractivity contribution in [2.24, 2.45) is 0 Å². The molecule has 0 saturated carbocycles. The third kappa shape index (κ3) is 15.7. The smallest absolute Gasteiger partial charge is 0.0654 e. The van der Waals surface area contributed by atoms with Gasteiger partial charge >= 0.3 is 0 Å². The van der Waals surface area contributed by atoms with Gasteiger partial charge in [-0.25, -0.2) is 0 Å². The highest BCUT2D eigenvalue weighted by atomic mass is 31.4. The first-order chi connectivity index (χ1) is 15.8. The van der Waals surface area contributed by atoms with E-state index >= 15 is 0 Å². The second kappa shape index (κ2) is 21.4. The van der Waals surface area contributed by atoms with Crippen LogP contribution in [0.1, 0.15) is 136 Å². The Kier molecular flexibility index (Phi) is 20.0. The van der Waals surface area contributed by atoms with Crippen LogP contribution in [0.3, 0.4) is 0 Å². The Balaban J connectivity index is 2.70. The maximum Gasteiger partial charge on any atom is 0.231 e. The van der Waals surface area contributed by atoms with Gasteiger partial charge in [0, 0.05) is 18.5 Å². The lowest BCUT2D eigenvalue weighted by molar-refractivity contribution is 0.617. The van der Waals surface area contributed by atoms with Crippen molar-refractivity contribution < 1.29 is 0 Å². The largest absolute Gasteiger partial charge is 0.231 e. The zero-order valence-corrected chi connectivity index (χ0v) is 24.7. The summed E-state index contributed by atoms with van der Waals surface area (Å²) in [6.45, 7) is 6.26. The molecule has 0 unspecified atom stereocenters. The lowest BCUT2D eigenvalue weighted by Gasteiger charge is -2.29. The van der Waals surface area contributed by atoms with Crippen LogP contribution < -0.4 is 5.19 Å². The molecule has 32 heavy (non-hydrogen) atoms. The maximum absolute atomic E-state index is 2.48. The van der Waals surface area contributed by atoms with Crippen LogP contribution in [-0.2, 0) is 0 Å². The Morgan fingerprint density at radius 2 is 0.812 bits per heavy atom. The molecule has 0 fully saturated rings. The van der Waals surface area contributed by atoms with E-state index in [4.69, 9.17) is 0 Å². The van der Waals surface area contributed by atoms with Crippen LogP contribution >= 0.6 is 6.81 Å². The van der Waals surface area contributed by atoms with Crippen LogP contribution in [0.5, 0.6) is 0 Å². The topological polar surface area (TPSA) is 0 Å². The van der Waals surface area contributed by atoms with E-state index in [1.54, 1.807) is 23.7 Å². The van der Waals surface area contributed by atoms with Crippen molar-refractivity contribution in [2.75, 3.05) is 18.5 Å². The van der Waals surface area contributed by atoms with Gasteiger partial charge in [0.25, 0.3) is 0 Å². The molecule has 0 aliphatic carbocycles. The molecule has 0 aliphatic rings. The molecule has 0 aliphatic heterocycles. The van der Waals surface area contributed by atoms with E-state index in [0.29, 0.717) is 0 Å². The van der Waals surface area contributed by atoms with Crippen molar-refractivity contribution in [3.63, 3.8) is 0 Å². The summed E-state index contributed by atoms with van der Waals surface area (Å²) in [6.07, 6.45) is 31.2. The lowest BCUT2D eigenvalue weighted by atomic mass is 10.1. The SMILES string of the molecule is CCCCCCCC[P+](CCCCCCCC)(CCCCCCCC)[SiH2]c1ccccc1. The van der Waals surface area contributed by atoms with Crippen LogP contribution in [0.2, 0.25) is 0 Å². The van der Waals surface area contributed by atoms with E-state index in [-0.39, 0.29) is 9.19 Å². The molecule has 0 saturated heterocycles. The van der Waals surface area contributed by atoms with Crippen molar-refractivity contribution in [3.8, 4) is 0 Å². The third-order valence-corrected chi connectivity index (χ3v) is 18.6. The molecule has 0 N–H and O–H groups in total. The highest BCUT2D eigenvalue weighted by molar-refractivity contribution is 8.02. The first-order valence-corrected chi connectivity index (χ1v) is 19.8. The van der Waals surface area contributed by atoms with E-state index < -0.39 is 6.81 Å². The van der Waals surface area contributed by atoms with Crippen molar-refractivity contribution in [1.82, 2.24) is 0 Å². The van der Waals surface area contributed by atoms with Crippen molar-refractivity contribution in [1.29, 1.82) is 0 Å². The summed E-state index contributed by atoms with van der Waals surface area (Å²) in [7, 11) is -0.125. The fourth-order valence-corrected chi connectivity index (χ4v) is 16.7. The van der Waals surface area contributed by atoms with Gasteiger partial charge in [0.1, 0.15) is 0 Å². The average molecular weight is 478 g/mol. The molecule has 0 spiro atoms. The van der Waals surface area contributed by atoms with Gasteiger partial charge in [-0.15, -0.1) is 0 Å². The van der Waals surface area contributed by atoms with Crippen molar-refractivity contribution in [3.05, 3.63) is 30.3 Å².